The van der Waals surface area contributed by atoms with Gasteiger partial charge in [-0.2, -0.15) is 18.4 Å². The van der Waals surface area contributed by atoms with Gasteiger partial charge in [0.05, 0.1) is 10.6 Å². The molecular formula is C15H15IN2O2S. The first kappa shape index (κ1) is 16.0. The Balaban J connectivity index is 2.21. The first-order valence-electron chi connectivity index (χ1n) is 6.27. The molecule has 0 aliphatic carbocycles. The highest BCUT2D eigenvalue weighted by Crippen LogP contribution is 2.11. The average molecular weight is 414 g/mol. The summed E-state index contributed by atoms with van der Waals surface area (Å²) in [5, 5.41) is 3.98. The Labute approximate surface area is 138 Å². The molecule has 1 N–H and O–H groups in total. The van der Waals surface area contributed by atoms with E-state index in [9.17, 15) is 8.42 Å². The van der Waals surface area contributed by atoms with Crippen LogP contribution in [0.15, 0.2) is 58.5 Å². The maximum atomic E-state index is 12.1. The number of benzene rings is 2. The van der Waals surface area contributed by atoms with Crippen molar-refractivity contribution in [2.45, 2.75) is 18.7 Å². The second-order valence-corrected chi connectivity index (χ2v) is 7.52. The van der Waals surface area contributed by atoms with Gasteiger partial charge in [0.1, 0.15) is 0 Å². The van der Waals surface area contributed by atoms with Crippen molar-refractivity contribution in [3.8, 4) is 0 Å². The molecule has 0 heterocycles. The molecular weight excluding hydrogens is 399 g/mol. The van der Waals surface area contributed by atoms with Crippen molar-refractivity contribution in [3.63, 3.8) is 0 Å². The smallest absolute Gasteiger partial charge is 0.200 e. The molecule has 6 heteroatoms. The van der Waals surface area contributed by atoms with Crippen LogP contribution in [-0.2, 0) is 10.0 Å². The summed E-state index contributed by atoms with van der Waals surface area (Å²) in [5.41, 5.74) is 2.50. The highest BCUT2D eigenvalue weighted by molar-refractivity contribution is 14.1. The van der Waals surface area contributed by atoms with E-state index in [1.54, 1.807) is 31.2 Å². The van der Waals surface area contributed by atoms with E-state index in [0.717, 1.165) is 14.7 Å². The van der Waals surface area contributed by atoms with Gasteiger partial charge < -0.3 is 0 Å². The van der Waals surface area contributed by atoms with Crippen LogP contribution in [0.2, 0.25) is 0 Å². The van der Waals surface area contributed by atoms with Crippen LogP contribution in [0.5, 0.6) is 0 Å². The number of hydrazone groups is 1. The van der Waals surface area contributed by atoms with E-state index in [1.807, 2.05) is 31.2 Å². The van der Waals surface area contributed by atoms with E-state index in [0.29, 0.717) is 5.71 Å². The van der Waals surface area contributed by atoms with Crippen LogP contribution in [0.3, 0.4) is 0 Å². The summed E-state index contributed by atoms with van der Waals surface area (Å²) in [4.78, 5) is 2.47. The largest absolute Gasteiger partial charge is 0.276 e. The molecule has 0 amide bonds. The Morgan fingerprint density at radius 1 is 1.14 bits per heavy atom. The lowest BCUT2D eigenvalue weighted by molar-refractivity contribution is 0.584. The monoisotopic (exact) mass is 414 g/mol. The molecule has 0 fully saturated rings. The standard InChI is InChI=1S/C15H15IN2O2S/c1-11-6-8-15(9-7-11)21(19,20)18-17-12(2)13-4-3-5-14(16)10-13/h3-10,18H,1-2H3/b17-12-. The fourth-order valence-electron chi connectivity index (χ4n) is 1.68. The molecule has 21 heavy (non-hydrogen) atoms. The second-order valence-electron chi connectivity index (χ2n) is 4.62. The van der Waals surface area contributed by atoms with Crippen LogP contribution < -0.4 is 4.83 Å². The number of halogens is 1. The molecule has 0 spiro atoms. The van der Waals surface area contributed by atoms with Gasteiger partial charge in [-0.1, -0.05) is 29.8 Å². The molecule has 0 aliphatic heterocycles. The van der Waals surface area contributed by atoms with Crippen molar-refractivity contribution >= 4 is 38.3 Å². The first-order chi connectivity index (χ1) is 9.88. The second kappa shape index (κ2) is 6.57. The molecule has 0 aromatic heterocycles. The number of nitrogens with one attached hydrogen (secondary N) is 1. The molecule has 4 nitrogen and oxygen atoms in total. The summed E-state index contributed by atoms with van der Waals surface area (Å²) in [7, 11) is -3.63. The van der Waals surface area contributed by atoms with Gasteiger partial charge in [-0.15, -0.1) is 0 Å². The van der Waals surface area contributed by atoms with Gasteiger partial charge in [0.2, 0.25) is 0 Å². The van der Waals surface area contributed by atoms with E-state index in [-0.39, 0.29) is 4.90 Å². The zero-order valence-corrected chi connectivity index (χ0v) is 14.6. The van der Waals surface area contributed by atoms with E-state index >= 15 is 0 Å². The van der Waals surface area contributed by atoms with E-state index in [1.165, 1.54) is 0 Å². The zero-order chi connectivity index (χ0) is 15.5. The third-order valence-electron chi connectivity index (χ3n) is 2.91. The Kier molecular flexibility index (Phi) is 5.00. The maximum absolute atomic E-state index is 12.1. The average Bonchev–Trinajstić information content (AvgIpc) is 2.45. The van der Waals surface area contributed by atoms with Crippen molar-refractivity contribution in [2.24, 2.45) is 5.10 Å². The maximum Gasteiger partial charge on any atom is 0.276 e. The molecule has 110 valence electrons. The molecule has 0 aliphatic rings. The highest BCUT2D eigenvalue weighted by atomic mass is 127. The SMILES string of the molecule is C/C(=N/NS(=O)(=O)c1ccc(C)cc1)c1cccc(I)c1. The fourth-order valence-corrected chi connectivity index (χ4v) is 3.08. The summed E-state index contributed by atoms with van der Waals surface area (Å²) in [6.07, 6.45) is 0. The Morgan fingerprint density at radius 2 is 1.81 bits per heavy atom. The molecule has 0 saturated carbocycles. The van der Waals surface area contributed by atoms with Crippen LogP contribution in [-0.4, -0.2) is 14.1 Å². The van der Waals surface area contributed by atoms with Gasteiger partial charge in [-0.3, -0.25) is 0 Å². The number of hydrogen-bond donors (Lipinski definition) is 1. The Morgan fingerprint density at radius 3 is 2.43 bits per heavy atom. The number of hydrogen-bond acceptors (Lipinski definition) is 3. The molecule has 0 unspecified atom stereocenters. The lowest BCUT2D eigenvalue weighted by atomic mass is 10.1. The van der Waals surface area contributed by atoms with Crippen LogP contribution >= 0.6 is 22.6 Å². The van der Waals surface area contributed by atoms with Gasteiger partial charge in [0.25, 0.3) is 10.0 Å². The summed E-state index contributed by atoms with van der Waals surface area (Å²) >= 11 is 2.20. The van der Waals surface area contributed by atoms with E-state index < -0.39 is 10.0 Å². The van der Waals surface area contributed by atoms with Gasteiger partial charge in [-0.25, -0.2) is 0 Å². The number of sulfonamides is 1. The normalized spacial score (nSPS) is 12.2. The van der Waals surface area contributed by atoms with Gasteiger partial charge in [0, 0.05) is 3.57 Å². The minimum absolute atomic E-state index is 0.201. The lowest BCUT2D eigenvalue weighted by Crippen LogP contribution is -2.20. The Hall–Kier alpha value is -1.41. The predicted molar refractivity (Wildman–Crippen MR) is 92.9 cm³/mol. The molecule has 2 aromatic rings. The quantitative estimate of drug-likeness (QED) is 0.474. The molecule has 0 atom stereocenters. The van der Waals surface area contributed by atoms with Crippen molar-refractivity contribution in [3.05, 3.63) is 63.2 Å². The minimum atomic E-state index is -3.63. The third-order valence-corrected chi connectivity index (χ3v) is 4.80. The molecule has 0 radical (unpaired) electrons. The van der Waals surface area contributed by atoms with Gasteiger partial charge >= 0.3 is 0 Å². The van der Waals surface area contributed by atoms with Crippen LogP contribution in [0.1, 0.15) is 18.1 Å². The molecule has 0 saturated heterocycles. The Bertz CT molecular complexity index is 769. The van der Waals surface area contributed by atoms with E-state index in [2.05, 4.69) is 32.5 Å². The third kappa shape index (κ3) is 4.28. The van der Waals surface area contributed by atoms with Crippen LogP contribution in [0, 0.1) is 10.5 Å². The minimum Gasteiger partial charge on any atom is -0.200 e. The lowest BCUT2D eigenvalue weighted by Gasteiger charge is -2.06. The summed E-state index contributed by atoms with van der Waals surface area (Å²) in [6, 6.07) is 14.3. The number of nitrogens with zero attached hydrogens (tertiary/aromatic N) is 1. The number of rotatable bonds is 4. The van der Waals surface area contributed by atoms with Crippen molar-refractivity contribution < 1.29 is 8.42 Å². The zero-order valence-electron chi connectivity index (χ0n) is 11.7. The topological polar surface area (TPSA) is 58.5 Å². The summed E-state index contributed by atoms with van der Waals surface area (Å²) in [5.74, 6) is 0. The first-order valence-corrected chi connectivity index (χ1v) is 8.83. The van der Waals surface area contributed by atoms with Gasteiger partial charge in [-0.05, 0) is 66.3 Å². The van der Waals surface area contributed by atoms with E-state index in [4.69, 9.17) is 0 Å². The van der Waals surface area contributed by atoms with Crippen molar-refractivity contribution in [2.75, 3.05) is 0 Å². The van der Waals surface area contributed by atoms with Crippen LogP contribution in [0.4, 0.5) is 0 Å². The fraction of sp³-hybridized carbons (Fsp3) is 0.133. The van der Waals surface area contributed by atoms with Crippen molar-refractivity contribution in [1.29, 1.82) is 0 Å². The predicted octanol–water partition coefficient (Wildman–Crippen LogP) is 3.30. The number of aryl methyl sites for hydroxylation is 1. The van der Waals surface area contributed by atoms with Gasteiger partial charge in [0.15, 0.2) is 0 Å². The molecule has 2 rings (SSSR count). The molecule has 2 aromatic carbocycles. The summed E-state index contributed by atoms with van der Waals surface area (Å²) < 4.78 is 25.3. The van der Waals surface area contributed by atoms with Crippen molar-refractivity contribution in [1.82, 2.24) is 4.83 Å². The molecule has 0 bridgehead atoms. The summed E-state index contributed by atoms with van der Waals surface area (Å²) in [6.45, 7) is 3.67. The van der Waals surface area contributed by atoms with Crippen LogP contribution in [0.25, 0.3) is 0 Å². The highest BCUT2D eigenvalue weighted by Gasteiger charge is 2.12.